The van der Waals surface area contributed by atoms with Crippen LogP contribution in [0.1, 0.15) is 41.0 Å². The average molecular weight is 197 g/mol. The van der Waals surface area contributed by atoms with E-state index < -0.39 is 11.2 Å². The molecule has 0 saturated carbocycles. The first-order valence-corrected chi connectivity index (χ1v) is 5.04. The first-order chi connectivity index (χ1) is 6.29. The smallest absolute Gasteiger partial charge is 0.184 e. The molecule has 0 amide bonds. The van der Waals surface area contributed by atoms with Crippen LogP contribution in [0.15, 0.2) is 0 Å². The SMILES string of the molecule is CCOC1(C#N)CC(C)(C)OC1(C)C. The van der Waals surface area contributed by atoms with Crippen LogP contribution in [0, 0.1) is 11.3 Å². The Morgan fingerprint density at radius 3 is 2.21 bits per heavy atom. The Kier molecular flexibility index (Phi) is 2.64. The van der Waals surface area contributed by atoms with Gasteiger partial charge in [-0.25, -0.2) is 0 Å². The summed E-state index contributed by atoms with van der Waals surface area (Å²) in [4.78, 5) is 0. The summed E-state index contributed by atoms with van der Waals surface area (Å²) in [6.45, 7) is 10.3. The summed E-state index contributed by atoms with van der Waals surface area (Å²) in [7, 11) is 0. The Hall–Kier alpha value is -0.590. The molecule has 0 aromatic heterocycles. The van der Waals surface area contributed by atoms with Gasteiger partial charge < -0.3 is 9.47 Å². The minimum absolute atomic E-state index is 0.283. The topological polar surface area (TPSA) is 42.2 Å². The highest BCUT2D eigenvalue weighted by atomic mass is 16.6. The molecular formula is C11H19NO2. The first-order valence-electron chi connectivity index (χ1n) is 5.04. The van der Waals surface area contributed by atoms with Gasteiger partial charge in [-0.2, -0.15) is 5.26 Å². The molecule has 0 radical (unpaired) electrons. The van der Waals surface area contributed by atoms with E-state index in [1.165, 1.54) is 0 Å². The zero-order valence-corrected chi connectivity index (χ0v) is 9.68. The monoisotopic (exact) mass is 197 g/mol. The van der Waals surface area contributed by atoms with Gasteiger partial charge in [-0.3, -0.25) is 0 Å². The summed E-state index contributed by atoms with van der Waals surface area (Å²) in [6.07, 6.45) is 0.622. The Bertz CT molecular complexity index is 265. The molecule has 1 saturated heterocycles. The van der Waals surface area contributed by atoms with Crippen molar-refractivity contribution in [2.24, 2.45) is 0 Å². The van der Waals surface area contributed by atoms with Gasteiger partial charge in [0, 0.05) is 13.0 Å². The molecule has 1 atom stereocenters. The van der Waals surface area contributed by atoms with Gasteiger partial charge in [-0.05, 0) is 34.6 Å². The van der Waals surface area contributed by atoms with Crippen molar-refractivity contribution in [3.63, 3.8) is 0 Å². The summed E-state index contributed by atoms with van der Waals surface area (Å²) in [5, 5.41) is 9.26. The lowest BCUT2D eigenvalue weighted by Gasteiger charge is -2.33. The van der Waals surface area contributed by atoms with Gasteiger partial charge in [-0.1, -0.05) is 0 Å². The quantitative estimate of drug-likeness (QED) is 0.682. The van der Waals surface area contributed by atoms with E-state index in [-0.39, 0.29) is 5.60 Å². The molecule has 3 heteroatoms. The third-order valence-electron chi connectivity index (χ3n) is 2.75. The zero-order chi connectivity index (χ0) is 11.0. The lowest BCUT2D eigenvalue weighted by atomic mass is 9.83. The van der Waals surface area contributed by atoms with Crippen molar-refractivity contribution < 1.29 is 9.47 Å². The average Bonchev–Trinajstić information content (AvgIpc) is 2.17. The van der Waals surface area contributed by atoms with Crippen molar-refractivity contribution in [2.75, 3.05) is 6.61 Å². The minimum Gasteiger partial charge on any atom is -0.365 e. The van der Waals surface area contributed by atoms with Crippen molar-refractivity contribution in [3.05, 3.63) is 0 Å². The predicted octanol–water partition coefficient (Wildman–Crippen LogP) is 2.26. The number of rotatable bonds is 2. The number of nitriles is 1. The highest BCUT2D eigenvalue weighted by Crippen LogP contribution is 2.46. The molecule has 3 nitrogen and oxygen atoms in total. The molecule has 0 aromatic rings. The zero-order valence-electron chi connectivity index (χ0n) is 9.68. The van der Waals surface area contributed by atoms with E-state index in [1.54, 1.807) is 0 Å². The van der Waals surface area contributed by atoms with Gasteiger partial charge >= 0.3 is 0 Å². The number of hydrogen-bond donors (Lipinski definition) is 0. The Morgan fingerprint density at radius 1 is 1.36 bits per heavy atom. The van der Waals surface area contributed by atoms with Gasteiger partial charge in [0.05, 0.1) is 5.60 Å². The summed E-state index contributed by atoms with van der Waals surface area (Å²) in [5.74, 6) is 0. The van der Waals surface area contributed by atoms with E-state index in [0.29, 0.717) is 13.0 Å². The van der Waals surface area contributed by atoms with Gasteiger partial charge in [0.25, 0.3) is 0 Å². The predicted molar refractivity (Wildman–Crippen MR) is 53.8 cm³/mol. The maximum Gasteiger partial charge on any atom is 0.184 e. The van der Waals surface area contributed by atoms with Crippen molar-refractivity contribution in [2.45, 2.75) is 57.8 Å². The van der Waals surface area contributed by atoms with Gasteiger partial charge in [0.2, 0.25) is 0 Å². The van der Waals surface area contributed by atoms with Crippen molar-refractivity contribution in [1.82, 2.24) is 0 Å². The fraction of sp³-hybridized carbons (Fsp3) is 0.909. The number of nitrogens with zero attached hydrogens (tertiary/aromatic N) is 1. The molecule has 1 heterocycles. The van der Waals surface area contributed by atoms with Crippen LogP contribution >= 0.6 is 0 Å². The molecule has 0 N–H and O–H groups in total. The second-order valence-corrected chi connectivity index (χ2v) is 4.92. The summed E-state index contributed by atoms with van der Waals surface area (Å²) in [6, 6.07) is 2.28. The highest BCUT2D eigenvalue weighted by Gasteiger charge is 2.58. The van der Waals surface area contributed by atoms with Crippen LogP contribution in [-0.4, -0.2) is 23.4 Å². The van der Waals surface area contributed by atoms with Crippen LogP contribution in [0.25, 0.3) is 0 Å². The van der Waals surface area contributed by atoms with E-state index in [0.717, 1.165) is 0 Å². The van der Waals surface area contributed by atoms with Crippen LogP contribution in [0.5, 0.6) is 0 Å². The van der Waals surface area contributed by atoms with Crippen LogP contribution in [0.3, 0.4) is 0 Å². The molecular weight excluding hydrogens is 178 g/mol. The third kappa shape index (κ3) is 1.65. The third-order valence-corrected chi connectivity index (χ3v) is 2.75. The molecule has 0 aliphatic carbocycles. The van der Waals surface area contributed by atoms with Crippen molar-refractivity contribution >= 4 is 0 Å². The van der Waals surface area contributed by atoms with E-state index in [2.05, 4.69) is 6.07 Å². The molecule has 0 bridgehead atoms. The second-order valence-electron chi connectivity index (χ2n) is 4.92. The molecule has 14 heavy (non-hydrogen) atoms. The minimum atomic E-state index is -0.800. The molecule has 1 rings (SSSR count). The molecule has 80 valence electrons. The molecule has 1 aliphatic heterocycles. The second kappa shape index (κ2) is 3.22. The lowest BCUT2D eigenvalue weighted by molar-refractivity contribution is -0.126. The standard InChI is InChI=1S/C11H19NO2/c1-6-13-11(8-12)7-9(2,3)14-10(11,4)5/h6-7H2,1-5H3. The molecule has 0 aromatic carbocycles. The Morgan fingerprint density at radius 2 is 1.93 bits per heavy atom. The van der Waals surface area contributed by atoms with E-state index >= 15 is 0 Å². The number of ether oxygens (including phenoxy) is 2. The molecule has 1 aliphatic rings. The van der Waals surface area contributed by atoms with Crippen molar-refractivity contribution in [1.29, 1.82) is 5.26 Å². The van der Waals surface area contributed by atoms with E-state index in [9.17, 15) is 5.26 Å². The van der Waals surface area contributed by atoms with Crippen LogP contribution in [0.4, 0.5) is 0 Å². The van der Waals surface area contributed by atoms with Crippen LogP contribution < -0.4 is 0 Å². The van der Waals surface area contributed by atoms with E-state index in [4.69, 9.17) is 9.47 Å². The maximum atomic E-state index is 9.26. The van der Waals surface area contributed by atoms with E-state index in [1.807, 2.05) is 34.6 Å². The van der Waals surface area contributed by atoms with Gasteiger partial charge in [0.15, 0.2) is 5.60 Å². The van der Waals surface area contributed by atoms with Crippen LogP contribution in [0.2, 0.25) is 0 Å². The maximum absolute atomic E-state index is 9.26. The summed E-state index contributed by atoms with van der Waals surface area (Å²) < 4.78 is 11.5. The summed E-state index contributed by atoms with van der Waals surface area (Å²) in [5.41, 5.74) is -1.62. The Labute approximate surface area is 86.0 Å². The first kappa shape index (κ1) is 11.5. The normalized spacial score (nSPS) is 34.0. The number of hydrogen-bond acceptors (Lipinski definition) is 3. The molecule has 1 fully saturated rings. The lowest BCUT2D eigenvalue weighted by Crippen LogP contribution is -2.47. The van der Waals surface area contributed by atoms with Crippen molar-refractivity contribution in [3.8, 4) is 6.07 Å². The largest absolute Gasteiger partial charge is 0.365 e. The summed E-state index contributed by atoms with van der Waals surface area (Å²) >= 11 is 0. The van der Waals surface area contributed by atoms with Crippen LogP contribution in [-0.2, 0) is 9.47 Å². The molecule has 1 unspecified atom stereocenters. The Balaban J connectivity index is 3.03. The fourth-order valence-electron chi connectivity index (χ4n) is 2.30. The fourth-order valence-corrected chi connectivity index (χ4v) is 2.30. The highest BCUT2D eigenvalue weighted by molar-refractivity contribution is 5.19. The van der Waals surface area contributed by atoms with Gasteiger partial charge in [-0.15, -0.1) is 0 Å². The van der Waals surface area contributed by atoms with Gasteiger partial charge in [0.1, 0.15) is 11.7 Å². The molecule has 0 spiro atoms.